The molecule has 154 valence electrons. The molecule has 2 heterocycles. The van der Waals surface area contributed by atoms with Gasteiger partial charge in [0.1, 0.15) is 11.5 Å². The molecule has 5 rings (SSSR count). The van der Waals surface area contributed by atoms with Crippen molar-refractivity contribution in [1.82, 2.24) is 10.2 Å². The van der Waals surface area contributed by atoms with Gasteiger partial charge >= 0.3 is 0 Å². The summed E-state index contributed by atoms with van der Waals surface area (Å²) in [5.74, 6) is -0.261. The molecular formula is C24H18FN3O3. The summed E-state index contributed by atoms with van der Waals surface area (Å²) in [6.45, 7) is 0. The van der Waals surface area contributed by atoms with E-state index in [9.17, 15) is 14.3 Å². The van der Waals surface area contributed by atoms with Crippen molar-refractivity contribution >= 4 is 11.6 Å². The summed E-state index contributed by atoms with van der Waals surface area (Å²) >= 11 is 0. The molecule has 7 heteroatoms. The van der Waals surface area contributed by atoms with E-state index >= 15 is 0 Å². The molecule has 0 bridgehead atoms. The molecule has 0 fully saturated rings. The summed E-state index contributed by atoms with van der Waals surface area (Å²) in [4.78, 5) is 15.1. The van der Waals surface area contributed by atoms with Crippen LogP contribution in [0.1, 0.15) is 27.7 Å². The van der Waals surface area contributed by atoms with Crippen molar-refractivity contribution in [3.05, 3.63) is 95.4 Å². The maximum Gasteiger partial charge on any atom is 0.277 e. The van der Waals surface area contributed by atoms with Gasteiger partial charge in [0.15, 0.2) is 11.5 Å². The Morgan fingerprint density at radius 2 is 1.81 bits per heavy atom. The number of hydrogen-bond acceptors (Lipinski definition) is 4. The van der Waals surface area contributed by atoms with E-state index < -0.39 is 6.04 Å². The Kier molecular flexibility index (Phi) is 4.43. The number of nitrogens with one attached hydrogen (secondary N) is 1. The molecule has 0 aliphatic carbocycles. The number of phenols is 1. The first-order valence-corrected chi connectivity index (χ1v) is 9.68. The summed E-state index contributed by atoms with van der Waals surface area (Å²) < 4.78 is 18.8. The number of aromatic nitrogens is 2. The van der Waals surface area contributed by atoms with Gasteiger partial charge in [0, 0.05) is 16.8 Å². The Morgan fingerprint density at radius 1 is 1.06 bits per heavy atom. The standard InChI is InChI=1S/C24H18FN3O3/c1-31-19-13-15(9-12-18(19)29)23-20-21(14-7-10-16(25)11-8-14)26-27-22(20)24(30)28(23)17-5-3-2-4-6-17/h2-13,23,29H,1H3,(H,26,27). The number of ether oxygens (including phenoxy) is 1. The minimum atomic E-state index is -0.516. The van der Waals surface area contributed by atoms with Gasteiger partial charge in [0.05, 0.1) is 18.8 Å². The number of phenolic OH excluding ortho intramolecular Hbond substituents is 1. The molecule has 1 aliphatic rings. The number of fused-ring (bicyclic) bond motifs is 1. The van der Waals surface area contributed by atoms with Crippen LogP contribution >= 0.6 is 0 Å². The second-order valence-corrected chi connectivity index (χ2v) is 7.21. The molecule has 1 atom stereocenters. The topological polar surface area (TPSA) is 78.5 Å². The minimum absolute atomic E-state index is 0.00742. The molecule has 1 unspecified atom stereocenters. The zero-order valence-electron chi connectivity index (χ0n) is 16.5. The van der Waals surface area contributed by atoms with Gasteiger partial charge in [0.2, 0.25) is 0 Å². The zero-order valence-corrected chi connectivity index (χ0v) is 16.5. The number of para-hydroxylation sites is 1. The molecule has 1 aliphatic heterocycles. The molecule has 1 aromatic heterocycles. The van der Waals surface area contributed by atoms with Crippen LogP contribution < -0.4 is 9.64 Å². The number of aromatic amines is 1. The van der Waals surface area contributed by atoms with Gasteiger partial charge in [-0.3, -0.25) is 14.8 Å². The van der Waals surface area contributed by atoms with Gasteiger partial charge in [-0.05, 0) is 54.1 Å². The molecule has 0 saturated carbocycles. The van der Waals surface area contributed by atoms with Crippen molar-refractivity contribution < 1.29 is 19.0 Å². The lowest BCUT2D eigenvalue weighted by Crippen LogP contribution is -2.29. The number of amides is 1. The maximum atomic E-state index is 13.5. The number of nitrogens with zero attached hydrogens (tertiary/aromatic N) is 2. The normalized spacial score (nSPS) is 15.2. The predicted molar refractivity (Wildman–Crippen MR) is 114 cm³/mol. The average Bonchev–Trinajstić information content (AvgIpc) is 3.34. The van der Waals surface area contributed by atoms with Crippen molar-refractivity contribution in [2.45, 2.75) is 6.04 Å². The average molecular weight is 415 g/mol. The monoisotopic (exact) mass is 415 g/mol. The summed E-state index contributed by atoms with van der Waals surface area (Å²) in [6, 6.07) is 19.8. The molecule has 2 N–H and O–H groups in total. The van der Waals surface area contributed by atoms with E-state index in [0.717, 1.165) is 11.3 Å². The van der Waals surface area contributed by atoms with Crippen LogP contribution in [0.3, 0.4) is 0 Å². The lowest BCUT2D eigenvalue weighted by atomic mass is 9.95. The van der Waals surface area contributed by atoms with E-state index in [-0.39, 0.29) is 17.5 Å². The lowest BCUT2D eigenvalue weighted by molar-refractivity contribution is 0.0988. The number of H-pyrrole nitrogens is 1. The van der Waals surface area contributed by atoms with Crippen LogP contribution in [-0.2, 0) is 0 Å². The van der Waals surface area contributed by atoms with Crippen molar-refractivity contribution in [2.75, 3.05) is 12.0 Å². The number of hydrogen-bond donors (Lipinski definition) is 2. The fourth-order valence-corrected chi connectivity index (χ4v) is 4.01. The van der Waals surface area contributed by atoms with Gasteiger partial charge < -0.3 is 9.84 Å². The summed E-state index contributed by atoms with van der Waals surface area (Å²) in [7, 11) is 1.47. The van der Waals surface area contributed by atoms with Gasteiger partial charge in [0.25, 0.3) is 5.91 Å². The number of carbonyl (C=O) groups is 1. The smallest absolute Gasteiger partial charge is 0.277 e. The van der Waals surface area contributed by atoms with E-state index in [1.165, 1.54) is 25.3 Å². The van der Waals surface area contributed by atoms with Crippen LogP contribution in [0, 0.1) is 5.82 Å². The Hall–Kier alpha value is -4.13. The highest BCUT2D eigenvalue weighted by atomic mass is 19.1. The molecule has 1 amide bonds. The van der Waals surface area contributed by atoms with E-state index in [1.54, 1.807) is 29.2 Å². The lowest BCUT2D eigenvalue weighted by Gasteiger charge is -2.27. The van der Waals surface area contributed by atoms with Crippen LogP contribution in [0.5, 0.6) is 11.5 Å². The van der Waals surface area contributed by atoms with Crippen LogP contribution in [0.25, 0.3) is 11.3 Å². The molecule has 31 heavy (non-hydrogen) atoms. The van der Waals surface area contributed by atoms with Crippen LogP contribution in [0.4, 0.5) is 10.1 Å². The predicted octanol–water partition coefficient (Wildman–Crippen LogP) is 4.68. The Bertz CT molecular complexity index is 1270. The van der Waals surface area contributed by atoms with Crippen molar-refractivity contribution in [3.8, 4) is 22.8 Å². The fraction of sp³-hybridized carbons (Fsp3) is 0.0833. The zero-order chi connectivity index (χ0) is 21.5. The largest absolute Gasteiger partial charge is 0.504 e. The maximum absolute atomic E-state index is 13.5. The van der Waals surface area contributed by atoms with Gasteiger partial charge in [-0.15, -0.1) is 0 Å². The first-order valence-electron chi connectivity index (χ1n) is 9.68. The third kappa shape index (κ3) is 3.02. The fourth-order valence-electron chi connectivity index (χ4n) is 4.01. The van der Waals surface area contributed by atoms with Gasteiger partial charge in [-0.2, -0.15) is 5.10 Å². The molecule has 0 radical (unpaired) electrons. The van der Waals surface area contributed by atoms with Crippen molar-refractivity contribution in [1.29, 1.82) is 0 Å². The number of benzene rings is 3. The first kappa shape index (κ1) is 18.9. The van der Waals surface area contributed by atoms with Crippen LogP contribution in [-0.4, -0.2) is 28.3 Å². The SMILES string of the molecule is COc1cc(C2c3c(-c4ccc(F)cc4)n[nH]c3C(=O)N2c2ccccc2)ccc1O. The number of carbonyl (C=O) groups excluding carboxylic acids is 1. The Labute approximate surface area is 177 Å². The number of methoxy groups -OCH3 is 1. The summed E-state index contributed by atoms with van der Waals surface area (Å²) in [5.41, 5.74) is 3.79. The number of aromatic hydroxyl groups is 1. The minimum Gasteiger partial charge on any atom is -0.504 e. The summed E-state index contributed by atoms with van der Waals surface area (Å²) in [5, 5.41) is 17.3. The molecule has 4 aromatic rings. The van der Waals surface area contributed by atoms with E-state index in [0.29, 0.717) is 28.3 Å². The van der Waals surface area contributed by atoms with Gasteiger partial charge in [-0.1, -0.05) is 24.3 Å². The molecule has 0 spiro atoms. The highest BCUT2D eigenvalue weighted by Gasteiger charge is 2.43. The second kappa shape index (κ2) is 7.28. The molecule has 0 saturated heterocycles. The Morgan fingerprint density at radius 3 is 2.52 bits per heavy atom. The number of anilines is 1. The molecular weight excluding hydrogens is 397 g/mol. The van der Waals surface area contributed by atoms with Gasteiger partial charge in [-0.25, -0.2) is 4.39 Å². The van der Waals surface area contributed by atoms with Crippen LogP contribution in [0.2, 0.25) is 0 Å². The second-order valence-electron chi connectivity index (χ2n) is 7.21. The number of halogens is 1. The molecule has 6 nitrogen and oxygen atoms in total. The Balaban J connectivity index is 1.73. The molecule has 3 aromatic carbocycles. The highest BCUT2D eigenvalue weighted by molar-refractivity contribution is 6.11. The van der Waals surface area contributed by atoms with E-state index in [4.69, 9.17) is 4.74 Å². The first-order chi connectivity index (χ1) is 15.1. The third-order valence-electron chi connectivity index (χ3n) is 5.44. The third-order valence-corrected chi connectivity index (χ3v) is 5.44. The van der Waals surface area contributed by atoms with Crippen LogP contribution in [0.15, 0.2) is 72.8 Å². The van der Waals surface area contributed by atoms with E-state index in [2.05, 4.69) is 10.2 Å². The highest BCUT2D eigenvalue weighted by Crippen LogP contribution is 2.46. The number of rotatable bonds is 4. The van der Waals surface area contributed by atoms with Crippen molar-refractivity contribution in [3.63, 3.8) is 0 Å². The van der Waals surface area contributed by atoms with Crippen molar-refractivity contribution in [2.24, 2.45) is 0 Å². The van der Waals surface area contributed by atoms with E-state index in [1.807, 2.05) is 30.3 Å². The summed E-state index contributed by atoms with van der Waals surface area (Å²) in [6.07, 6.45) is 0. The quantitative estimate of drug-likeness (QED) is 0.507.